The lowest BCUT2D eigenvalue weighted by Crippen LogP contribution is -2.42. The van der Waals surface area contributed by atoms with Crippen LogP contribution in [0.1, 0.15) is 22.8 Å². The van der Waals surface area contributed by atoms with Crippen LogP contribution < -0.4 is 14.5 Å². The monoisotopic (exact) mass is 490 g/mol. The summed E-state index contributed by atoms with van der Waals surface area (Å²) >= 11 is 2.99. The molecule has 7 rings (SSSR count). The maximum absolute atomic E-state index is 13.7. The van der Waals surface area contributed by atoms with E-state index in [-0.39, 0.29) is 57.4 Å². The minimum Gasteiger partial charge on any atom is -0.497 e. The highest BCUT2D eigenvalue weighted by Gasteiger charge is 2.69. The number of ether oxygens (including phenoxy) is 1. The Kier molecular flexibility index (Phi) is 4.42. The first-order chi connectivity index (χ1) is 16.6. The number of anilines is 1. The number of methoxy groups -OCH3 is 1. The van der Waals surface area contributed by atoms with Crippen molar-refractivity contribution in [3.8, 4) is 5.75 Å². The van der Waals surface area contributed by atoms with Gasteiger partial charge in [0.1, 0.15) is 5.75 Å². The fourth-order valence-corrected chi connectivity index (χ4v) is 9.92. The normalized spacial score (nSPS) is 33.1. The van der Waals surface area contributed by atoms with Crippen molar-refractivity contribution in [2.75, 3.05) is 12.0 Å². The topological polar surface area (TPSA) is 79.5 Å². The molecule has 7 atom stereocenters. The molecule has 2 aromatic carbocycles. The van der Waals surface area contributed by atoms with Crippen LogP contribution in [-0.4, -0.2) is 29.2 Å². The number of H-pyrrole nitrogens is 1. The van der Waals surface area contributed by atoms with E-state index in [1.54, 1.807) is 18.9 Å². The summed E-state index contributed by atoms with van der Waals surface area (Å²) in [4.78, 5) is 45.1. The second-order valence-corrected chi connectivity index (χ2v) is 11.8. The van der Waals surface area contributed by atoms with Gasteiger partial charge >= 0.3 is 4.87 Å². The lowest BCUT2D eigenvalue weighted by Gasteiger charge is -2.43. The van der Waals surface area contributed by atoms with Gasteiger partial charge < -0.3 is 9.72 Å². The SMILES string of the molecule is COc1ccc([C@H]2c3sc(=O)[nH]c3S[C@H]3[C@@H]4C[C@@H]([C@@H]5C(=O)N(c6ccccc6)C(=O)[C@@H]45)[C@H]23)cc1. The van der Waals surface area contributed by atoms with Crippen molar-refractivity contribution in [2.24, 2.45) is 29.6 Å². The van der Waals surface area contributed by atoms with Crippen LogP contribution in [0.4, 0.5) is 5.69 Å². The molecule has 6 nitrogen and oxygen atoms in total. The number of para-hydroxylation sites is 1. The summed E-state index contributed by atoms with van der Waals surface area (Å²) in [5.41, 5.74) is 1.80. The Morgan fingerprint density at radius 1 is 0.941 bits per heavy atom. The standard InChI is InChI=1S/C26H22N2O4S2/c1-32-14-9-7-12(8-10-14)17-18-15-11-16(21(18)33-23-22(17)34-26(31)27-23)20-19(15)24(29)28(25(20)30)13-5-3-2-4-6-13/h2-10,15-21H,11H2,1H3,(H,27,31)/t15-,16-,17-,18-,19+,20+,21+/m1/s1. The van der Waals surface area contributed by atoms with Gasteiger partial charge in [-0.1, -0.05) is 41.7 Å². The van der Waals surface area contributed by atoms with Gasteiger partial charge in [0.2, 0.25) is 11.8 Å². The Hall–Kier alpha value is -2.84. The van der Waals surface area contributed by atoms with Gasteiger partial charge in [0.25, 0.3) is 0 Å². The molecule has 3 fully saturated rings. The molecule has 0 spiro atoms. The van der Waals surface area contributed by atoms with Gasteiger partial charge in [0.15, 0.2) is 0 Å². The van der Waals surface area contributed by atoms with E-state index in [9.17, 15) is 14.4 Å². The predicted octanol–water partition coefficient (Wildman–Crippen LogP) is 4.12. The van der Waals surface area contributed by atoms with E-state index >= 15 is 0 Å². The third-order valence-corrected chi connectivity index (χ3v) is 10.8. The number of aromatic amines is 1. The van der Waals surface area contributed by atoms with Crippen LogP contribution in [-0.2, 0) is 9.59 Å². The first-order valence-electron chi connectivity index (χ1n) is 11.5. The largest absolute Gasteiger partial charge is 0.497 e. The molecule has 1 N–H and O–H groups in total. The van der Waals surface area contributed by atoms with Gasteiger partial charge in [-0.25, -0.2) is 0 Å². The molecule has 0 unspecified atom stereocenters. The van der Waals surface area contributed by atoms with E-state index in [1.165, 1.54) is 16.2 Å². The summed E-state index contributed by atoms with van der Waals surface area (Å²) in [7, 11) is 1.65. The summed E-state index contributed by atoms with van der Waals surface area (Å²) in [6, 6.07) is 17.4. The van der Waals surface area contributed by atoms with Crippen molar-refractivity contribution in [1.82, 2.24) is 4.98 Å². The zero-order valence-electron chi connectivity index (χ0n) is 18.3. The highest BCUT2D eigenvalue weighted by Crippen LogP contribution is 2.68. The zero-order chi connectivity index (χ0) is 23.1. The average molecular weight is 491 g/mol. The number of hydrogen-bond acceptors (Lipinski definition) is 6. The van der Waals surface area contributed by atoms with E-state index in [4.69, 9.17) is 4.74 Å². The zero-order valence-corrected chi connectivity index (χ0v) is 20.0. The number of thiazole rings is 1. The van der Waals surface area contributed by atoms with Crippen LogP contribution in [0.15, 0.2) is 64.4 Å². The molecule has 3 heterocycles. The number of carbonyl (C=O) groups excluding carboxylic acids is 2. The van der Waals surface area contributed by atoms with E-state index in [2.05, 4.69) is 17.1 Å². The van der Waals surface area contributed by atoms with Crippen molar-refractivity contribution >= 4 is 40.6 Å². The summed E-state index contributed by atoms with van der Waals surface area (Å²) in [5, 5.41) is 1.13. The maximum atomic E-state index is 13.7. The number of aromatic nitrogens is 1. The van der Waals surface area contributed by atoms with Gasteiger partial charge in [-0.05, 0) is 54.0 Å². The lowest BCUT2D eigenvalue weighted by molar-refractivity contribution is -0.123. The highest BCUT2D eigenvalue weighted by atomic mass is 32.2. The van der Waals surface area contributed by atoms with Gasteiger partial charge in [-0.15, -0.1) is 11.8 Å². The molecule has 2 aliphatic carbocycles. The van der Waals surface area contributed by atoms with Crippen molar-refractivity contribution in [3.63, 3.8) is 0 Å². The Bertz CT molecular complexity index is 1370. The van der Waals surface area contributed by atoms with E-state index in [1.807, 2.05) is 42.5 Å². The van der Waals surface area contributed by atoms with Crippen molar-refractivity contribution in [1.29, 1.82) is 0 Å². The fraction of sp³-hybridized carbons (Fsp3) is 0.346. The van der Waals surface area contributed by atoms with Gasteiger partial charge in [0, 0.05) is 16.0 Å². The van der Waals surface area contributed by atoms with Crippen LogP contribution in [0, 0.1) is 29.6 Å². The van der Waals surface area contributed by atoms with E-state index < -0.39 is 0 Å². The number of carbonyl (C=O) groups is 2. The van der Waals surface area contributed by atoms with Crippen molar-refractivity contribution in [2.45, 2.75) is 22.6 Å². The number of fused-ring (bicyclic) bond motifs is 9. The van der Waals surface area contributed by atoms with Crippen molar-refractivity contribution in [3.05, 3.63) is 74.7 Å². The van der Waals surface area contributed by atoms with Crippen LogP contribution in [0.3, 0.4) is 0 Å². The van der Waals surface area contributed by atoms with Gasteiger partial charge in [-0.3, -0.25) is 19.3 Å². The highest BCUT2D eigenvalue weighted by molar-refractivity contribution is 8.00. The molecule has 0 radical (unpaired) electrons. The molecule has 3 aromatic rings. The Morgan fingerprint density at radius 3 is 2.35 bits per heavy atom. The summed E-state index contributed by atoms with van der Waals surface area (Å²) < 4.78 is 5.36. The maximum Gasteiger partial charge on any atom is 0.305 e. The number of hydrogen-bond donors (Lipinski definition) is 1. The Morgan fingerprint density at radius 2 is 1.65 bits per heavy atom. The van der Waals surface area contributed by atoms with Crippen molar-refractivity contribution < 1.29 is 14.3 Å². The van der Waals surface area contributed by atoms with E-state index in [0.29, 0.717) is 5.69 Å². The number of nitrogens with zero attached hydrogens (tertiary/aromatic N) is 1. The second kappa shape index (κ2) is 7.33. The molecule has 2 saturated carbocycles. The first-order valence-corrected chi connectivity index (χ1v) is 13.2. The quantitative estimate of drug-likeness (QED) is 0.559. The van der Waals surface area contributed by atoms with Crippen LogP contribution in [0.5, 0.6) is 5.75 Å². The minimum absolute atomic E-state index is 0.0285. The summed E-state index contributed by atoms with van der Waals surface area (Å²) in [6.07, 6.45) is 0.892. The number of nitrogens with one attached hydrogen (secondary N) is 1. The predicted molar refractivity (Wildman–Crippen MR) is 130 cm³/mol. The fourth-order valence-electron chi connectivity index (χ4n) is 7.03. The molecular weight excluding hydrogens is 468 g/mol. The number of imide groups is 1. The Labute approximate surface area is 204 Å². The lowest BCUT2D eigenvalue weighted by atomic mass is 9.68. The second-order valence-electron chi connectivity index (χ2n) is 9.58. The third-order valence-electron chi connectivity index (χ3n) is 8.21. The molecule has 34 heavy (non-hydrogen) atoms. The molecular formula is C26H22N2O4S2. The third kappa shape index (κ3) is 2.66. The molecule has 2 aliphatic heterocycles. The van der Waals surface area contributed by atoms with Crippen LogP contribution in [0.2, 0.25) is 0 Å². The van der Waals surface area contributed by atoms with E-state index in [0.717, 1.165) is 27.6 Å². The molecule has 4 aliphatic rings. The van der Waals surface area contributed by atoms with Gasteiger partial charge in [-0.2, -0.15) is 0 Å². The molecule has 172 valence electrons. The summed E-state index contributed by atoms with van der Waals surface area (Å²) in [6.45, 7) is 0. The molecule has 2 amide bonds. The smallest absolute Gasteiger partial charge is 0.305 e. The summed E-state index contributed by atoms with van der Waals surface area (Å²) in [5.74, 6) is 0.611. The Balaban J connectivity index is 1.33. The molecule has 8 heteroatoms. The van der Waals surface area contributed by atoms with Gasteiger partial charge in [0.05, 0.1) is 29.7 Å². The number of rotatable bonds is 3. The average Bonchev–Trinajstić information content (AvgIpc) is 3.58. The first kappa shape index (κ1) is 20.5. The van der Waals surface area contributed by atoms with Crippen LogP contribution >= 0.6 is 23.1 Å². The number of thioether (sulfide) groups is 1. The molecule has 2 bridgehead atoms. The minimum atomic E-state index is -0.280. The number of amides is 2. The van der Waals surface area contributed by atoms with Crippen LogP contribution in [0.25, 0.3) is 0 Å². The molecule has 1 aromatic heterocycles. The molecule has 1 saturated heterocycles. The number of benzene rings is 2.